The molecule has 0 amide bonds. The van der Waals surface area contributed by atoms with Gasteiger partial charge in [-0.2, -0.15) is 0 Å². The molecule has 0 aromatic heterocycles. The van der Waals surface area contributed by atoms with Crippen molar-refractivity contribution in [2.75, 3.05) is 13.7 Å². The molecule has 0 saturated carbocycles. The molecule has 1 aliphatic heterocycles. The summed E-state index contributed by atoms with van der Waals surface area (Å²) < 4.78 is 25.5. The van der Waals surface area contributed by atoms with Crippen molar-refractivity contribution in [1.82, 2.24) is 0 Å². The summed E-state index contributed by atoms with van der Waals surface area (Å²) in [6.45, 7) is 18.5. The van der Waals surface area contributed by atoms with Crippen molar-refractivity contribution in [3.8, 4) is 0 Å². The highest BCUT2D eigenvalue weighted by molar-refractivity contribution is 6.74. The quantitative estimate of drug-likeness (QED) is 0.356. The van der Waals surface area contributed by atoms with Crippen LogP contribution >= 0.6 is 0 Å². The van der Waals surface area contributed by atoms with Crippen molar-refractivity contribution in [1.29, 1.82) is 0 Å². The zero-order valence-corrected chi connectivity index (χ0v) is 23.3. The highest BCUT2D eigenvalue weighted by Crippen LogP contribution is 2.46. The van der Waals surface area contributed by atoms with E-state index in [9.17, 15) is 4.79 Å². The van der Waals surface area contributed by atoms with Crippen molar-refractivity contribution in [2.45, 2.75) is 110 Å². The lowest BCUT2D eigenvalue weighted by atomic mass is 9.74. The van der Waals surface area contributed by atoms with Crippen LogP contribution < -0.4 is 0 Å². The summed E-state index contributed by atoms with van der Waals surface area (Å²) in [7, 11) is -0.278. The zero-order chi connectivity index (χ0) is 24.9. The first kappa shape index (κ1) is 28.2. The van der Waals surface area contributed by atoms with Gasteiger partial charge in [0.2, 0.25) is 0 Å². The molecule has 5 nitrogen and oxygen atoms in total. The summed E-state index contributed by atoms with van der Waals surface area (Å²) in [4.78, 5) is 11.8. The average molecular weight is 479 g/mol. The number of hydrogen-bond donors (Lipinski definition) is 0. The molecule has 1 aromatic rings. The van der Waals surface area contributed by atoms with Gasteiger partial charge in [0.1, 0.15) is 11.9 Å². The fraction of sp³-hybridized carbons (Fsp3) is 0.741. The van der Waals surface area contributed by atoms with Crippen LogP contribution in [0.25, 0.3) is 0 Å². The number of rotatable bonds is 11. The minimum absolute atomic E-state index is 0.0286. The largest absolute Gasteiger partial charge is 0.413 e. The van der Waals surface area contributed by atoms with Crippen LogP contribution in [0.15, 0.2) is 30.3 Å². The van der Waals surface area contributed by atoms with Gasteiger partial charge in [-0.3, -0.25) is 0 Å². The third kappa shape index (κ3) is 7.72. The minimum Gasteiger partial charge on any atom is -0.413 e. The van der Waals surface area contributed by atoms with Gasteiger partial charge in [-0.1, -0.05) is 65.0 Å². The normalized spacial score (nSPS) is 24.5. The molecule has 1 fully saturated rings. The number of carbonyl (C=O) groups excluding carboxylic acids is 1. The average Bonchev–Trinajstić information content (AvgIpc) is 2.71. The lowest BCUT2D eigenvalue weighted by Crippen LogP contribution is -2.58. The molecular formula is C27H46O5Si. The Labute approximate surface area is 202 Å². The van der Waals surface area contributed by atoms with E-state index in [-0.39, 0.29) is 40.7 Å². The topological polar surface area (TPSA) is 54.0 Å². The van der Waals surface area contributed by atoms with Crippen molar-refractivity contribution < 1.29 is 23.4 Å². The summed E-state index contributed by atoms with van der Waals surface area (Å²) >= 11 is 0. The second kappa shape index (κ2) is 11.6. The van der Waals surface area contributed by atoms with E-state index >= 15 is 0 Å². The first-order chi connectivity index (χ1) is 15.3. The molecule has 0 radical (unpaired) electrons. The van der Waals surface area contributed by atoms with Crippen molar-refractivity contribution >= 4 is 14.1 Å². The van der Waals surface area contributed by atoms with E-state index in [1.54, 1.807) is 14.0 Å². The van der Waals surface area contributed by atoms with Gasteiger partial charge in [0.15, 0.2) is 8.32 Å². The summed E-state index contributed by atoms with van der Waals surface area (Å²) in [6, 6.07) is 10.1. The SMILES string of the molecule is CO[C@H](COCc1ccccc1)[C@@H]1C[C@@H](O[Si](C)(C)C(C)(C)C)C(C)(C)[C@@H](CCC(C)=O)O1. The second-order valence-corrected chi connectivity index (χ2v) is 16.4. The molecule has 1 aromatic carbocycles. The van der Waals surface area contributed by atoms with Crippen LogP contribution in [0.5, 0.6) is 0 Å². The Morgan fingerprint density at radius 2 is 1.85 bits per heavy atom. The molecule has 0 bridgehead atoms. The Balaban J connectivity index is 2.18. The maximum atomic E-state index is 11.8. The lowest BCUT2D eigenvalue weighted by Gasteiger charge is -2.52. The summed E-state index contributed by atoms with van der Waals surface area (Å²) in [5.74, 6) is 0.188. The van der Waals surface area contributed by atoms with Crippen LogP contribution in [0.1, 0.15) is 66.4 Å². The van der Waals surface area contributed by atoms with Gasteiger partial charge >= 0.3 is 0 Å². The molecular weight excluding hydrogens is 432 g/mol. The van der Waals surface area contributed by atoms with E-state index in [1.807, 2.05) is 18.2 Å². The van der Waals surface area contributed by atoms with Gasteiger partial charge < -0.3 is 23.4 Å². The van der Waals surface area contributed by atoms with Crippen LogP contribution in [0.2, 0.25) is 18.1 Å². The number of hydrogen-bond acceptors (Lipinski definition) is 5. The predicted molar refractivity (Wildman–Crippen MR) is 136 cm³/mol. The van der Waals surface area contributed by atoms with Gasteiger partial charge in [-0.15, -0.1) is 0 Å². The minimum atomic E-state index is -1.99. The highest BCUT2D eigenvalue weighted by atomic mass is 28.4. The van der Waals surface area contributed by atoms with Crippen LogP contribution in [-0.2, 0) is 30.0 Å². The summed E-state index contributed by atoms with van der Waals surface area (Å²) in [5.41, 5.74) is 0.932. The van der Waals surface area contributed by atoms with Crippen molar-refractivity contribution in [2.24, 2.45) is 5.41 Å². The van der Waals surface area contributed by atoms with Gasteiger partial charge in [-0.25, -0.2) is 0 Å². The first-order valence-electron chi connectivity index (χ1n) is 12.2. The maximum Gasteiger partial charge on any atom is 0.192 e. The number of benzene rings is 1. The summed E-state index contributed by atoms with van der Waals surface area (Å²) in [5, 5.41) is 0.116. The van der Waals surface area contributed by atoms with Crippen LogP contribution in [0.4, 0.5) is 0 Å². The van der Waals surface area contributed by atoms with E-state index in [1.165, 1.54) is 0 Å². The number of methoxy groups -OCH3 is 1. The third-order valence-corrected chi connectivity index (χ3v) is 12.0. The fourth-order valence-corrected chi connectivity index (χ4v) is 5.57. The number of Topliss-reactive ketones (excluding diaryl/α,β-unsaturated/α-hetero) is 1. The molecule has 1 aliphatic rings. The van der Waals surface area contributed by atoms with Crippen molar-refractivity contribution in [3.05, 3.63) is 35.9 Å². The van der Waals surface area contributed by atoms with Crippen molar-refractivity contribution in [3.63, 3.8) is 0 Å². The molecule has 188 valence electrons. The Hall–Kier alpha value is -1.05. The van der Waals surface area contributed by atoms with Gasteiger partial charge in [-0.05, 0) is 37.0 Å². The monoisotopic (exact) mass is 478 g/mol. The zero-order valence-electron chi connectivity index (χ0n) is 22.3. The molecule has 1 heterocycles. The predicted octanol–water partition coefficient (Wildman–Crippen LogP) is 6.16. The van der Waals surface area contributed by atoms with Crippen LogP contribution in [0.3, 0.4) is 0 Å². The third-order valence-electron chi connectivity index (χ3n) is 7.56. The van der Waals surface area contributed by atoms with E-state index in [2.05, 4.69) is 59.8 Å². The van der Waals surface area contributed by atoms with E-state index in [0.29, 0.717) is 26.1 Å². The lowest BCUT2D eigenvalue weighted by molar-refractivity contribution is -0.208. The number of ketones is 1. The summed E-state index contributed by atoms with van der Waals surface area (Å²) in [6.07, 6.45) is 1.56. The Bertz CT molecular complexity index is 741. The smallest absolute Gasteiger partial charge is 0.192 e. The van der Waals surface area contributed by atoms with Crippen LogP contribution in [-0.4, -0.2) is 52.2 Å². The standard InChI is InChI=1S/C27H46O5Si/c1-20(28)15-16-24-27(5,6)25(32-33(8,9)26(2,3)4)17-22(31-24)23(29-7)19-30-18-21-13-11-10-12-14-21/h10-14,22-25H,15-19H2,1-9H3/t22-,23+,24+,25+/m0/s1. The van der Waals surface area contributed by atoms with E-state index in [4.69, 9.17) is 18.6 Å². The molecule has 2 rings (SSSR count). The number of carbonyl (C=O) groups is 1. The fourth-order valence-electron chi connectivity index (χ4n) is 4.10. The van der Waals surface area contributed by atoms with Gasteiger partial charge in [0.05, 0.1) is 31.5 Å². The molecule has 6 heteroatoms. The van der Waals surface area contributed by atoms with Crippen LogP contribution in [0, 0.1) is 5.41 Å². The Morgan fingerprint density at radius 3 is 2.39 bits per heavy atom. The molecule has 0 spiro atoms. The molecule has 0 N–H and O–H groups in total. The van der Waals surface area contributed by atoms with E-state index in [0.717, 1.165) is 12.0 Å². The molecule has 33 heavy (non-hydrogen) atoms. The number of ether oxygens (including phenoxy) is 3. The Kier molecular flexibility index (Phi) is 9.89. The molecule has 0 aliphatic carbocycles. The van der Waals surface area contributed by atoms with Gasteiger partial charge in [0, 0.05) is 25.4 Å². The first-order valence-corrected chi connectivity index (χ1v) is 15.2. The highest BCUT2D eigenvalue weighted by Gasteiger charge is 2.50. The molecule has 4 atom stereocenters. The molecule has 1 saturated heterocycles. The van der Waals surface area contributed by atoms with Gasteiger partial charge in [0.25, 0.3) is 0 Å². The molecule has 0 unspecified atom stereocenters. The maximum absolute atomic E-state index is 11.8. The second-order valence-electron chi connectivity index (χ2n) is 11.6. The van der Waals surface area contributed by atoms with E-state index < -0.39 is 8.32 Å². The Morgan fingerprint density at radius 1 is 1.21 bits per heavy atom.